The number of nitrogens with one attached hydrogen (secondary N) is 2. The van der Waals surface area contributed by atoms with Gasteiger partial charge in [0.1, 0.15) is 6.04 Å². The van der Waals surface area contributed by atoms with Gasteiger partial charge in [-0.15, -0.1) is 0 Å². The number of benzene rings is 2. The first-order valence-corrected chi connectivity index (χ1v) is 12.1. The Morgan fingerprint density at radius 3 is 2.47 bits per heavy atom. The van der Waals surface area contributed by atoms with Crippen LogP contribution < -0.4 is 10.6 Å². The topological polar surface area (TPSA) is 139 Å². The van der Waals surface area contributed by atoms with E-state index in [0.29, 0.717) is 5.69 Å². The van der Waals surface area contributed by atoms with Crippen molar-refractivity contribution < 1.29 is 31.8 Å². The molecule has 0 aliphatic carbocycles. The van der Waals surface area contributed by atoms with Crippen molar-refractivity contribution >= 4 is 39.4 Å². The van der Waals surface area contributed by atoms with Gasteiger partial charge in [-0.05, 0) is 44.5 Å². The van der Waals surface area contributed by atoms with Crippen molar-refractivity contribution in [2.45, 2.75) is 43.7 Å². The molecular formula is C23H23N3O7S. The number of nitrogens with zero attached hydrogens (tertiary/aromatic N) is 1. The van der Waals surface area contributed by atoms with Crippen LogP contribution in [0, 0.1) is 6.92 Å². The minimum absolute atomic E-state index is 0.0265. The summed E-state index contributed by atoms with van der Waals surface area (Å²) in [6.45, 7) is 3.29. The van der Waals surface area contributed by atoms with Crippen molar-refractivity contribution in [3.05, 3.63) is 59.2 Å². The van der Waals surface area contributed by atoms with Crippen LogP contribution >= 0.6 is 0 Å². The van der Waals surface area contributed by atoms with Gasteiger partial charge in [-0.2, -0.15) is 8.42 Å². The predicted molar refractivity (Wildman–Crippen MR) is 121 cm³/mol. The Labute approximate surface area is 196 Å². The second-order valence-electron chi connectivity index (χ2n) is 8.27. The first-order valence-electron chi connectivity index (χ1n) is 10.7. The maximum absolute atomic E-state index is 13.1. The molecule has 0 bridgehead atoms. The summed E-state index contributed by atoms with van der Waals surface area (Å²) >= 11 is 0. The highest BCUT2D eigenvalue weighted by atomic mass is 32.2. The van der Waals surface area contributed by atoms with Gasteiger partial charge in [-0.1, -0.05) is 23.8 Å². The molecular weight excluding hydrogens is 462 g/mol. The summed E-state index contributed by atoms with van der Waals surface area (Å²) in [5, 5.41) is 5.18. The molecule has 2 unspecified atom stereocenters. The Kier molecular flexibility index (Phi) is 6.24. The number of carbonyl (C=O) groups excluding carboxylic acids is 4. The molecule has 34 heavy (non-hydrogen) atoms. The van der Waals surface area contributed by atoms with Gasteiger partial charge in [0.25, 0.3) is 21.9 Å². The SMILES string of the molecule is Cc1ccc(S(=O)(=O)OCC(C)Nc2cccc3c2C(=O)N(C2CCC(=O)NC2=O)C3=O)cc1. The quantitative estimate of drug-likeness (QED) is 0.445. The third kappa shape index (κ3) is 4.44. The van der Waals surface area contributed by atoms with E-state index in [4.69, 9.17) is 4.18 Å². The molecule has 2 aromatic carbocycles. The Hall–Kier alpha value is -3.57. The van der Waals surface area contributed by atoms with Crippen molar-refractivity contribution in [1.29, 1.82) is 0 Å². The van der Waals surface area contributed by atoms with Crippen LogP contribution in [0.1, 0.15) is 46.0 Å². The van der Waals surface area contributed by atoms with Crippen LogP contribution in [0.5, 0.6) is 0 Å². The maximum Gasteiger partial charge on any atom is 0.297 e. The van der Waals surface area contributed by atoms with E-state index in [0.717, 1.165) is 10.5 Å². The summed E-state index contributed by atoms with van der Waals surface area (Å²) < 4.78 is 30.0. The van der Waals surface area contributed by atoms with E-state index in [1.165, 1.54) is 18.2 Å². The smallest absolute Gasteiger partial charge is 0.297 e. The largest absolute Gasteiger partial charge is 0.380 e. The lowest BCUT2D eigenvalue weighted by Gasteiger charge is -2.27. The molecule has 4 amide bonds. The number of anilines is 1. The molecule has 2 aliphatic heterocycles. The number of hydrogen-bond acceptors (Lipinski definition) is 8. The summed E-state index contributed by atoms with van der Waals surface area (Å²) in [4.78, 5) is 50.7. The molecule has 0 radical (unpaired) electrons. The van der Waals surface area contributed by atoms with Gasteiger partial charge < -0.3 is 5.32 Å². The van der Waals surface area contributed by atoms with Crippen LogP contribution in [0.4, 0.5) is 5.69 Å². The fourth-order valence-electron chi connectivity index (χ4n) is 3.91. The van der Waals surface area contributed by atoms with E-state index in [1.54, 1.807) is 31.2 Å². The highest BCUT2D eigenvalue weighted by molar-refractivity contribution is 7.86. The highest BCUT2D eigenvalue weighted by Crippen LogP contribution is 2.32. The van der Waals surface area contributed by atoms with Gasteiger partial charge in [0, 0.05) is 18.2 Å². The van der Waals surface area contributed by atoms with Crippen LogP contribution in [-0.4, -0.2) is 55.6 Å². The number of fused-ring (bicyclic) bond motifs is 1. The number of carbonyl (C=O) groups is 4. The molecule has 11 heteroatoms. The number of hydrogen-bond donors (Lipinski definition) is 2. The van der Waals surface area contributed by atoms with E-state index in [2.05, 4.69) is 10.6 Å². The molecule has 0 aromatic heterocycles. The first-order chi connectivity index (χ1) is 16.1. The van der Waals surface area contributed by atoms with Crippen molar-refractivity contribution in [2.24, 2.45) is 0 Å². The zero-order valence-corrected chi connectivity index (χ0v) is 19.3. The van der Waals surface area contributed by atoms with E-state index in [9.17, 15) is 27.6 Å². The lowest BCUT2D eigenvalue weighted by Crippen LogP contribution is -2.54. The van der Waals surface area contributed by atoms with Crippen LogP contribution in [0.2, 0.25) is 0 Å². The second-order valence-corrected chi connectivity index (χ2v) is 9.89. The van der Waals surface area contributed by atoms with E-state index < -0.39 is 45.8 Å². The molecule has 1 fully saturated rings. The fraction of sp³-hybridized carbons (Fsp3) is 0.304. The average molecular weight is 486 g/mol. The Morgan fingerprint density at radius 1 is 1.09 bits per heavy atom. The molecule has 1 saturated heterocycles. The van der Waals surface area contributed by atoms with Crippen molar-refractivity contribution in [3.63, 3.8) is 0 Å². The normalized spacial score (nSPS) is 19.1. The zero-order valence-electron chi connectivity index (χ0n) is 18.5. The molecule has 2 aromatic rings. The fourth-order valence-corrected chi connectivity index (χ4v) is 4.90. The summed E-state index contributed by atoms with van der Waals surface area (Å²) in [5.41, 5.74) is 1.44. The predicted octanol–water partition coefficient (Wildman–Crippen LogP) is 1.60. The molecule has 0 spiro atoms. The van der Waals surface area contributed by atoms with Gasteiger partial charge in [-0.25, -0.2) is 0 Å². The van der Waals surface area contributed by atoms with Crippen LogP contribution in [0.3, 0.4) is 0 Å². The maximum atomic E-state index is 13.1. The average Bonchev–Trinajstić information content (AvgIpc) is 3.04. The Bertz CT molecular complexity index is 1290. The molecule has 2 aliphatic rings. The summed E-state index contributed by atoms with van der Waals surface area (Å²) in [6.07, 6.45) is 0.0821. The van der Waals surface area contributed by atoms with Gasteiger partial charge >= 0.3 is 0 Å². The molecule has 10 nitrogen and oxygen atoms in total. The standard InChI is InChI=1S/C23H23N3O7S/c1-13-6-8-15(9-7-13)34(31,32)33-12-14(2)24-17-5-3-4-16-20(17)23(30)26(22(16)29)18-10-11-19(27)25-21(18)28/h3-9,14,18,24H,10-12H2,1-2H3,(H,25,27,28). The van der Waals surface area contributed by atoms with Crippen LogP contribution in [0.15, 0.2) is 47.4 Å². The van der Waals surface area contributed by atoms with E-state index in [-0.39, 0.29) is 35.5 Å². The van der Waals surface area contributed by atoms with E-state index in [1.807, 2.05) is 6.92 Å². The molecule has 0 saturated carbocycles. The minimum atomic E-state index is -3.97. The molecule has 2 atom stereocenters. The third-order valence-corrected chi connectivity index (χ3v) is 6.95. The lowest BCUT2D eigenvalue weighted by molar-refractivity contribution is -0.136. The Balaban J connectivity index is 1.49. The van der Waals surface area contributed by atoms with Gasteiger partial charge in [-0.3, -0.25) is 33.6 Å². The lowest BCUT2D eigenvalue weighted by atomic mass is 10.0. The van der Waals surface area contributed by atoms with Gasteiger partial charge in [0.15, 0.2) is 0 Å². The Morgan fingerprint density at radius 2 is 1.79 bits per heavy atom. The molecule has 4 rings (SSSR count). The van der Waals surface area contributed by atoms with Crippen LogP contribution in [-0.2, 0) is 23.9 Å². The van der Waals surface area contributed by atoms with Gasteiger partial charge in [0.2, 0.25) is 11.8 Å². The molecule has 2 N–H and O–H groups in total. The number of piperidine rings is 1. The van der Waals surface area contributed by atoms with Gasteiger partial charge in [0.05, 0.1) is 22.6 Å². The number of imide groups is 2. The number of rotatable bonds is 7. The van der Waals surface area contributed by atoms with Crippen molar-refractivity contribution in [1.82, 2.24) is 10.2 Å². The van der Waals surface area contributed by atoms with Crippen molar-refractivity contribution in [3.8, 4) is 0 Å². The third-order valence-electron chi connectivity index (χ3n) is 5.65. The summed E-state index contributed by atoms with van der Waals surface area (Å²) in [6, 6.07) is 9.29. The molecule has 2 heterocycles. The highest BCUT2D eigenvalue weighted by Gasteiger charge is 2.45. The summed E-state index contributed by atoms with van der Waals surface area (Å²) in [7, 11) is -3.97. The monoisotopic (exact) mass is 485 g/mol. The van der Waals surface area contributed by atoms with Crippen molar-refractivity contribution in [2.75, 3.05) is 11.9 Å². The molecule has 178 valence electrons. The first kappa shape index (κ1) is 23.6. The summed E-state index contributed by atoms with van der Waals surface area (Å²) in [5.74, 6) is -2.42. The van der Waals surface area contributed by atoms with Crippen LogP contribution in [0.25, 0.3) is 0 Å². The number of aryl methyl sites for hydroxylation is 1. The zero-order chi connectivity index (χ0) is 24.6. The van der Waals surface area contributed by atoms with E-state index >= 15 is 0 Å². The second kappa shape index (κ2) is 8.99. The minimum Gasteiger partial charge on any atom is -0.380 e. The number of amides is 4.